The summed E-state index contributed by atoms with van der Waals surface area (Å²) in [5, 5.41) is 0. The fourth-order valence-corrected chi connectivity index (χ4v) is 5.13. The number of amides is 1. The molecule has 196 valence electrons. The van der Waals surface area contributed by atoms with Crippen LogP contribution in [0.1, 0.15) is 80.9 Å². The van der Waals surface area contributed by atoms with Crippen LogP contribution in [0.3, 0.4) is 0 Å². The molecule has 36 heavy (non-hydrogen) atoms. The van der Waals surface area contributed by atoms with Crippen LogP contribution >= 0.6 is 0 Å². The van der Waals surface area contributed by atoms with Crippen molar-refractivity contribution in [3.05, 3.63) is 46.9 Å². The molecule has 3 heterocycles. The van der Waals surface area contributed by atoms with Gasteiger partial charge in [0.25, 0.3) is 0 Å². The lowest BCUT2D eigenvalue weighted by Gasteiger charge is -2.34. The number of carbonyl (C=O) groups is 1. The number of carbonyl (C=O) groups excluding carboxylic acids is 1. The molecule has 7 heteroatoms. The van der Waals surface area contributed by atoms with Gasteiger partial charge in [0, 0.05) is 44.5 Å². The van der Waals surface area contributed by atoms with E-state index in [1.165, 1.54) is 32.1 Å². The number of fused-ring (bicyclic) bond motifs is 1. The molecule has 1 amide bonds. The van der Waals surface area contributed by atoms with Crippen LogP contribution in [-0.4, -0.2) is 60.7 Å². The van der Waals surface area contributed by atoms with Gasteiger partial charge >= 0.3 is 0 Å². The molecule has 1 saturated heterocycles. The Hall–Kier alpha value is -2.67. The summed E-state index contributed by atoms with van der Waals surface area (Å²) < 4.78 is 11.0. The summed E-state index contributed by atoms with van der Waals surface area (Å²) in [5.74, 6) is 2.91. The van der Waals surface area contributed by atoms with Crippen LogP contribution < -0.4 is 9.64 Å². The van der Waals surface area contributed by atoms with Crippen molar-refractivity contribution in [2.24, 2.45) is 0 Å². The summed E-state index contributed by atoms with van der Waals surface area (Å²) in [5.41, 5.74) is 3.33. The van der Waals surface area contributed by atoms with Crippen molar-refractivity contribution in [2.75, 3.05) is 44.9 Å². The summed E-state index contributed by atoms with van der Waals surface area (Å²) in [7, 11) is 1.69. The van der Waals surface area contributed by atoms with E-state index in [9.17, 15) is 4.79 Å². The Morgan fingerprint density at radius 2 is 1.81 bits per heavy atom. The molecular weight excluding hydrogens is 452 g/mol. The summed E-state index contributed by atoms with van der Waals surface area (Å²) in [4.78, 5) is 27.4. The van der Waals surface area contributed by atoms with Crippen LogP contribution in [0.4, 0.5) is 5.82 Å². The molecule has 1 fully saturated rings. The highest BCUT2D eigenvalue weighted by Crippen LogP contribution is 2.29. The number of benzene rings is 1. The molecule has 2 aliphatic heterocycles. The van der Waals surface area contributed by atoms with E-state index >= 15 is 0 Å². The number of rotatable bonds is 12. The largest absolute Gasteiger partial charge is 0.497 e. The Labute approximate surface area is 216 Å². The molecule has 7 nitrogen and oxygen atoms in total. The minimum atomic E-state index is 0.266. The molecule has 0 radical (unpaired) electrons. The van der Waals surface area contributed by atoms with Crippen molar-refractivity contribution >= 4 is 11.7 Å². The number of nitrogens with zero attached hydrogens (tertiary/aromatic N) is 4. The number of anilines is 1. The van der Waals surface area contributed by atoms with Gasteiger partial charge in [-0.1, -0.05) is 57.6 Å². The Morgan fingerprint density at radius 3 is 2.58 bits per heavy atom. The van der Waals surface area contributed by atoms with E-state index in [-0.39, 0.29) is 5.91 Å². The maximum Gasteiger partial charge on any atom is 0.222 e. The highest BCUT2D eigenvalue weighted by molar-refractivity contribution is 5.76. The lowest BCUT2D eigenvalue weighted by atomic mass is 10.0. The normalized spacial score (nSPS) is 15.6. The van der Waals surface area contributed by atoms with Crippen LogP contribution in [0.25, 0.3) is 0 Å². The second-order valence-electron chi connectivity index (χ2n) is 9.95. The third-order valence-corrected chi connectivity index (χ3v) is 7.24. The standard InChI is InChI=1S/C29H42N4O3/c1-3-4-5-6-7-8-9-13-28(34)33-15-14-26-25(22-33)29(32-16-18-36-19-17-32)31-27(30-26)21-23-11-10-12-24(20-23)35-2/h10-12,20H,3-9,13-19,21-22H2,1-2H3. The van der Waals surface area contributed by atoms with Crippen molar-refractivity contribution in [2.45, 2.75) is 77.7 Å². The van der Waals surface area contributed by atoms with Gasteiger partial charge < -0.3 is 19.3 Å². The number of methoxy groups -OCH3 is 1. The van der Waals surface area contributed by atoms with Gasteiger partial charge in [0.1, 0.15) is 17.4 Å². The minimum absolute atomic E-state index is 0.266. The van der Waals surface area contributed by atoms with Gasteiger partial charge in [0.05, 0.1) is 32.6 Å². The number of hydrogen-bond acceptors (Lipinski definition) is 6. The fraction of sp³-hybridized carbons (Fsp3) is 0.621. The third-order valence-electron chi connectivity index (χ3n) is 7.24. The van der Waals surface area contributed by atoms with E-state index in [2.05, 4.69) is 17.9 Å². The van der Waals surface area contributed by atoms with Gasteiger partial charge in [-0.25, -0.2) is 9.97 Å². The van der Waals surface area contributed by atoms with Gasteiger partial charge in [0.2, 0.25) is 5.91 Å². The smallest absolute Gasteiger partial charge is 0.222 e. The number of hydrogen-bond donors (Lipinski definition) is 0. The predicted molar refractivity (Wildman–Crippen MR) is 143 cm³/mol. The Morgan fingerprint density at radius 1 is 1.03 bits per heavy atom. The summed E-state index contributed by atoms with van der Waals surface area (Å²) in [6.45, 7) is 6.61. The number of unbranched alkanes of at least 4 members (excludes halogenated alkanes) is 6. The first-order valence-corrected chi connectivity index (χ1v) is 13.8. The van der Waals surface area contributed by atoms with Crippen LogP contribution in [0.5, 0.6) is 5.75 Å². The van der Waals surface area contributed by atoms with E-state index in [1.54, 1.807) is 7.11 Å². The summed E-state index contributed by atoms with van der Waals surface area (Å²) in [6.07, 6.45) is 10.7. The Balaban J connectivity index is 1.44. The zero-order valence-electron chi connectivity index (χ0n) is 22.1. The first kappa shape index (κ1) is 26.4. The second-order valence-corrected chi connectivity index (χ2v) is 9.95. The average Bonchev–Trinajstić information content (AvgIpc) is 2.92. The third kappa shape index (κ3) is 7.19. The van der Waals surface area contributed by atoms with Crippen molar-refractivity contribution in [3.63, 3.8) is 0 Å². The van der Waals surface area contributed by atoms with Crippen LogP contribution in [0.2, 0.25) is 0 Å². The SMILES string of the molecule is CCCCCCCCCC(=O)N1CCc2nc(Cc3cccc(OC)c3)nc(N3CCOCC3)c2C1. The topological polar surface area (TPSA) is 67.8 Å². The quantitative estimate of drug-likeness (QED) is 0.390. The number of aromatic nitrogens is 2. The molecule has 2 aliphatic rings. The predicted octanol–water partition coefficient (Wildman–Crippen LogP) is 4.94. The fourth-order valence-electron chi connectivity index (χ4n) is 5.13. The molecule has 0 spiro atoms. The second kappa shape index (κ2) is 13.6. The monoisotopic (exact) mass is 494 g/mol. The Kier molecular flexibility index (Phi) is 9.96. The zero-order valence-corrected chi connectivity index (χ0v) is 22.1. The van der Waals surface area contributed by atoms with Gasteiger partial charge in [0.15, 0.2) is 0 Å². The molecule has 1 aromatic heterocycles. The molecule has 0 saturated carbocycles. The van der Waals surface area contributed by atoms with Crippen LogP contribution in [0, 0.1) is 0 Å². The van der Waals surface area contributed by atoms with E-state index in [0.29, 0.717) is 32.6 Å². The first-order chi connectivity index (χ1) is 17.7. The molecule has 4 rings (SSSR count). The van der Waals surface area contributed by atoms with Crippen molar-refractivity contribution in [1.82, 2.24) is 14.9 Å². The molecule has 0 aliphatic carbocycles. The lowest BCUT2D eigenvalue weighted by molar-refractivity contribution is -0.132. The Bertz CT molecular complexity index is 990. The molecular formula is C29H42N4O3. The van der Waals surface area contributed by atoms with Gasteiger partial charge in [-0.15, -0.1) is 0 Å². The van der Waals surface area contributed by atoms with E-state index in [0.717, 1.165) is 73.1 Å². The molecule has 0 N–H and O–H groups in total. The van der Waals surface area contributed by atoms with Crippen LogP contribution in [-0.2, 0) is 28.9 Å². The lowest BCUT2D eigenvalue weighted by Crippen LogP contribution is -2.41. The minimum Gasteiger partial charge on any atom is -0.497 e. The zero-order chi connectivity index (χ0) is 25.2. The first-order valence-electron chi connectivity index (χ1n) is 13.8. The van der Waals surface area contributed by atoms with E-state index in [1.807, 2.05) is 23.1 Å². The van der Waals surface area contributed by atoms with Gasteiger partial charge in [-0.3, -0.25) is 4.79 Å². The highest BCUT2D eigenvalue weighted by atomic mass is 16.5. The van der Waals surface area contributed by atoms with Crippen molar-refractivity contribution < 1.29 is 14.3 Å². The average molecular weight is 495 g/mol. The number of ether oxygens (including phenoxy) is 2. The molecule has 2 aromatic rings. The van der Waals surface area contributed by atoms with Crippen LogP contribution in [0.15, 0.2) is 24.3 Å². The molecule has 0 atom stereocenters. The molecule has 0 unspecified atom stereocenters. The summed E-state index contributed by atoms with van der Waals surface area (Å²) in [6, 6.07) is 8.09. The maximum atomic E-state index is 13.0. The molecule has 0 bridgehead atoms. The van der Waals surface area contributed by atoms with E-state index < -0.39 is 0 Å². The molecule has 1 aromatic carbocycles. The highest BCUT2D eigenvalue weighted by Gasteiger charge is 2.28. The summed E-state index contributed by atoms with van der Waals surface area (Å²) >= 11 is 0. The van der Waals surface area contributed by atoms with E-state index in [4.69, 9.17) is 19.4 Å². The van der Waals surface area contributed by atoms with Crippen molar-refractivity contribution in [1.29, 1.82) is 0 Å². The number of morpholine rings is 1. The van der Waals surface area contributed by atoms with Gasteiger partial charge in [-0.2, -0.15) is 0 Å². The van der Waals surface area contributed by atoms with Crippen molar-refractivity contribution in [3.8, 4) is 5.75 Å². The maximum absolute atomic E-state index is 13.0. The van der Waals surface area contributed by atoms with Gasteiger partial charge in [-0.05, 0) is 24.1 Å².